The van der Waals surface area contributed by atoms with Gasteiger partial charge in [-0.25, -0.2) is 0 Å². The number of amides is 2. The molecule has 0 aromatic heterocycles. The van der Waals surface area contributed by atoms with Crippen LogP contribution in [0.1, 0.15) is 25.0 Å². The Balaban J connectivity index is 3.42. The standard InChI is InChI=1S/C15H16F3N3O2/c1-14(2,20(3)4)13(23)21(9-22)11-6-5-10(8-19)12(7-11)15(16,17)18/h5-7,9H,1-4H3. The SMILES string of the molecule is CN(C)C(C)(C)C(=O)N(C=O)c1ccc(C#N)c(C(F)(F)F)c1. The maximum Gasteiger partial charge on any atom is 0.417 e. The summed E-state index contributed by atoms with van der Waals surface area (Å²) in [6.45, 7) is 3.08. The number of hydrogen-bond donors (Lipinski definition) is 0. The van der Waals surface area contributed by atoms with Gasteiger partial charge in [-0.1, -0.05) is 0 Å². The van der Waals surface area contributed by atoms with E-state index in [2.05, 4.69) is 0 Å². The molecule has 0 fully saturated rings. The highest BCUT2D eigenvalue weighted by Gasteiger charge is 2.37. The van der Waals surface area contributed by atoms with Gasteiger partial charge >= 0.3 is 6.18 Å². The highest BCUT2D eigenvalue weighted by atomic mass is 19.4. The Kier molecular flexibility index (Phi) is 5.17. The van der Waals surface area contributed by atoms with Crippen molar-refractivity contribution in [3.05, 3.63) is 29.3 Å². The first-order valence-corrected chi connectivity index (χ1v) is 6.54. The monoisotopic (exact) mass is 327 g/mol. The van der Waals surface area contributed by atoms with E-state index in [4.69, 9.17) is 5.26 Å². The van der Waals surface area contributed by atoms with E-state index in [0.29, 0.717) is 11.0 Å². The highest BCUT2D eigenvalue weighted by molar-refractivity contribution is 6.11. The highest BCUT2D eigenvalue weighted by Crippen LogP contribution is 2.34. The van der Waals surface area contributed by atoms with Gasteiger partial charge in [0.05, 0.1) is 28.4 Å². The molecule has 0 unspecified atom stereocenters. The number of nitriles is 1. The van der Waals surface area contributed by atoms with Crippen molar-refractivity contribution < 1.29 is 22.8 Å². The summed E-state index contributed by atoms with van der Waals surface area (Å²) in [5, 5.41) is 8.77. The van der Waals surface area contributed by atoms with Gasteiger partial charge in [0.1, 0.15) is 0 Å². The summed E-state index contributed by atoms with van der Waals surface area (Å²) in [5.74, 6) is -0.685. The molecule has 0 aliphatic heterocycles. The van der Waals surface area contributed by atoms with E-state index < -0.39 is 28.7 Å². The topological polar surface area (TPSA) is 64.4 Å². The molecule has 0 saturated heterocycles. The fraction of sp³-hybridized carbons (Fsp3) is 0.400. The molecule has 23 heavy (non-hydrogen) atoms. The second-order valence-corrected chi connectivity index (χ2v) is 5.57. The van der Waals surface area contributed by atoms with Gasteiger partial charge in [0.2, 0.25) is 6.41 Å². The summed E-state index contributed by atoms with van der Waals surface area (Å²) >= 11 is 0. The number of nitrogens with zero attached hydrogens (tertiary/aromatic N) is 3. The van der Waals surface area contributed by atoms with Crippen LogP contribution < -0.4 is 4.90 Å². The van der Waals surface area contributed by atoms with E-state index in [1.165, 1.54) is 6.07 Å². The molecule has 0 aliphatic carbocycles. The van der Waals surface area contributed by atoms with Crippen LogP contribution in [0.15, 0.2) is 18.2 Å². The number of benzene rings is 1. The van der Waals surface area contributed by atoms with E-state index in [-0.39, 0.29) is 12.1 Å². The minimum atomic E-state index is -4.77. The second-order valence-electron chi connectivity index (χ2n) is 5.57. The van der Waals surface area contributed by atoms with Gasteiger partial charge in [0.15, 0.2) is 0 Å². The number of imide groups is 1. The lowest BCUT2D eigenvalue weighted by molar-refractivity contribution is -0.138. The minimum absolute atomic E-state index is 0.162. The molecule has 1 rings (SSSR count). The van der Waals surface area contributed by atoms with Crippen LogP contribution >= 0.6 is 0 Å². The predicted molar refractivity (Wildman–Crippen MR) is 77.5 cm³/mol. The third-order valence-corrected chi connectivity index (χ3v) is 3.67. The average Bonchev–Trinajstić information content (AvgIpc) is 2.46. The molecule has 0 atom stereocenters. The normalized spacial score (nSPS) is 12.0. The summed E-state index contributed by atoms with van der Waals surface area (Å²) in [6.07, 6.45) is -4.61. The van der Waals surface area contributed by atoms with Crippen LogP contribution in [0.5, 0.6) is 0 Å². The van der Waals surface area contributed by atoms with Crippen molar-refractivity contribution in [1.82, 2.24) is 4.90 Å². The van der Waals surface area contributed by atoms with E-state index in [1.807, 2.05) is 0 Å². The van der Waals surface area contributed by atoms with Crippen molar-refractivity contribution in [2.75, 3.05) is 19.0 Å². The Hall–Kier alpha value is -2.40. The first-order valence-electron chi connectivity index (χ1n) is 6.54. The Bertz CT molecular complexity index is 661. The first-order chi connectivity index (χ1) is 10.5. The summed E-state index contributed by atoms with van der Waals surface area (Å²) in [4.78, 5) is 25.9. The molecule has 0 radical (unpaired) electrons. The van der Waals surface area contributed by atoms with Gasteiger partial charge < -0.3 is 0 Å². The van der Waals surface area contributed by atoms with Gasteiger partial charge in [-0.2, -0.15) is 18.4 Å². The maximum absolute atomic E-state index is 13.0. The Morgan fingerprint density at radius 1 is 1.26 bits per heavy atom. The molecule has 0 N–H and O–H groups in total. The average molecular weight is 327 g/mol. The number of carbonyl (C=O) groups is 2. The molecule has 0 spiro atoms. The van der Waals surface area contributed by atoms with Crippen LogP contribution in [0.3, 0.4) is 0 Å². The van der Waals surface area contributed by atoms with E-state index in [9.17, 15) is 22.8 Å². The largest absolute Gasteiger partial charge is 0.417 e. The number of alkyl halides is 3. The molecular formula is C15H16F3N3O2. The number of likely N-dealkylation sites (N-methyl/N-ethyl adjacent to an activating group) is 1. The summed E-state index contributed by atoms with van der Waals surface area (Å²) in [7, 11) is 3.22. The van der Waals surface area contributed by atoms with Crippen LogP contribution in [-0.2, 0) is 15.8 Å². The van der Waals surface area contributed by atoms with Gasteiger partial charge in [0, 0.05) is 0 Å². The summed E-state index contributed by atoms with van der Waals surface area (Å²) < 4.78 is 39.0. The summed E-state index contributed by atoms with van der Waals surface area (Å²) in [5.41, 5.74) is -3.12. The summed E-state index contributed by atoms with van der Waals surface area (Å²) in [6, 6.07) is 4.13. The number of anilines is 1. The van der Waals surface area contributed by atoms with Crippen LogP contribution in [0.2, 0.25) is 0 Å². The molecule has 5 nitrogen and oxygen atoms in total. The van der Waals surface area contributed by atoms with Gasteiger partial charge in [-0.3, -0.25) is 19.4 Å². The van der Waals surface area contributed by atoms with Crippen molar-refractivity contribution in [3.63, 3.8) is 0 Å². The molecule has 2 amide bonds. The van der Waals surface area contributed by atoms with Crippen molar-refractivity contribution in [3.8, 4) is 6.07 Å². The van der Waals surface area contributed by atoms with Crippen molar-refractivity contribution in [2.45, 2.75) is 25.6 Å². The van der Waals surface area contributed by atoms with E-state index in [0.717, 1.165) is 12.1 Å². The zero-order valence-electron chi connectivity index (χ0n) is 13.1. The molecule has 1 aromatic rings. The van der Waals surface area contributed by atoms with Gasteiger partial charge in [-0.05, 0) is 46.1 Å². The van der Waals surface area contributed by atoms with E-state index >= 15 is 0 Å². The number of hydrogen-bond acceptors (Lipinski definition) is 4. The third-order valence-electron chi connectivity index (χ3n) is 3.67. The van der Waals surface area contributed by atoms with Crippen molar-refractivity contribution in [2.24, 2.45) is 0 Å². The third kappa shape index (κ3) is 3.68. The fourth-order valence-electron chi connectivity index (χ4n) is 1.73. The number of halogens is 3. The lowest BCUT2D eigenvalue weighted by Crippen LogP contribution is -2.53. The number of carbonyl (C=O) groups excluding carboxylic acids is 2. The zero-order chi connectivity index (χ0) is 18.0. The molecule has 0 aliphatic rings. The minimum Gasteiger partial charge on any atom is -0.296 e. The molecule has 124 valence electrons. The van der Waals surface area contributed by atoms with E-state index in [1.54, 1.807) is 32.8 Å². The molecule has 8 heteroatoms. The van der Waals surface area contributed by atoms with Crippen LogP contribution in [0.25, 0.3) is 0 Å². The lowest BCUT2D eigenvalue weighted by atomic mass is 10.0. The fourth-order valence-corrected chi connectivity index (χ4v) is 1.73. The maximum atomic E-state index is 13.0. The Morgan fingerprint density at radius 3 is 2.22 bits per heavy atom. The predicted octanol–water partition coefficient (Wildman–Crippen LogP) is 2.41. The van der Waals surface area contributed by atoms with Crippen molar-refractivity contribution in [1.29, 1.82) is 5.26 Å². The molecule has 1 aromatic carbocycles. The molecule has 0 heterocycles. The Morgan fingerprint density at radius 2 is 1.83 bits per heavy atom. The molecule has 0 saturated carbocycles. The second kappa shape index (κ2) is 6.38. The van der Waals surface area contributed by atoms with Crippen LogP contribution in [0.4, 0.5) is 18.9 Å². The van der Waals surface area contributed by atoms with Crippen molar-refractivity contribution >= 4 is 18.0 Å². The van der Waals surface area contributed by atoms with Crippen LogP contribution in [-0.4, -0.2) is 36.9 Å². The van der Waals surface area contributed by atoms with Gasteiger partial charge in [-0.15, -0.1) is 0 Å². The van der Waals surface area contributed by atoms with Gasteiger partial charge in [0.25, 0.3) is 5.91 Å². The Labute approximate surface area is 131 Å². The zero-order valence-corrected chi connectivity index (χ0v) is 13.1. The molecular weight excluding hydrogens is 311 g/mol. The molecule has 0 bridgehead atoms. The smallest absolute Gasteiger partial charge is 0.296 e. The van der Waals surface area contributed by atoms with Crippen LogP contribution in [0, 0.1) is 11.3 Å². The first kappa shape index (κ1) is 18.6. The quantitative estimate of drug-likeness (QED) is 0.797. The lowest BCUT2D eigenvalue weighted by Gasteiger charge is -2.34. The number of rotatable bonds is 4.